The summed E-state index contributed by atoms with van der Waals surface area (Å²) in [6.45, 7) is 10.6. The molecule has 0 aromatic carbocycles. The summed E-state index contributed by atoms with van der Waals surface area (Å²) in [6, 6.07) is 0. The van der Waals surface area contributed by atoms with Gasteiger partial charge in [-0.1, -0.05) is 31.4 Å². The van der Waals surface area contributed by atoms with E-state index >= 15 is 0 Å². The Labute approximate surface area is 78.6 Å². The van der Waals surface area contributed by atoms with Gasteiger partial charge in [-0.05, 0) is 25.0 Å². The first kappa shape index (κ1) is 11.4. The Morgan fingerprint density at radius 3 is 2.23 bits per heavy atom. The summed E-state index contributed by atoms with van der Waals surface area (Å²) < 4.78 is 0. The largest absolute Gasteiger partial charge is 0.478 e. The Morgan fingerprint density at radius 1 is 1.46 bits per heavy atom. The molecule has 0 heterocycles. The summed E-state index contributed by atoms with van der Waals surface area (Å²) in [7, 11) is 0. The van der Waals surface area contributed by atoms with Crippen LogP contribution in [0.25, 0.3) is 0 Å². The van der Waals surface area contributed by atoms with E-state index in [0.29, 0.717) is 11.1 Å². The first-order valence-corrected chi connectivity index (χ1v) is 3.93. The summed E-state index contributed by atoms with van der Waals surface area (Å²) in [5.74, 6) is -0.972. The van der Waals surface area contributed by atoms with Crippen molar-refractivity contribution in [3.63, 3.8) is 0 Å². The number of aliphatic carboxylic acids is 1. The molecule has 13 heavy (non-hydrogen) atoms. The van der Waals surface area contributed by atoms with Gasteiger partial charge in [0.1, 0.15) is 0 Å². The normalized spacial score (nSPS) is 12.5. The summed E-state index contributed by atoms with van der Waals surface area (Å²) in [5, 5.41) is 8.87. The zero-order valence-corrected chi connectivity index (χ0v) is 8.00. The molecule has 0 radical (unpaired) electrons. The van der Waals surface area contributed by atoms with Crippen molar-refractivity contribution in [3.05, 3.63) is 48.1 Å². The smallest absolute Gasteiger partial charge is 0.336 e. The zero-order valence-electron chi connectivity index (χ0n) is 8.00. The van der Waals surface area contributed by atoms with Crippen molar-refractivity contribution < 1.29 is 9.90 Å². The van der Waals surface area contributed by atoms with Gasteiger partial charge in [0.05, 0.1) is 5.57 Å². The maximum Gasteiger partial charge on any atom is 0.336 e. The van der Waals surface area contributed by atoms with Crippen LogP contribution in [0.2, 0.25) is 0 Å². The Bertz CT molecular complexity index is 277. The fourth-order valence-corrected chi connectivity index (χ4v) is 0.985. The van der Waals surface area contributed by atoms with E-state index in [0.717, 1.165) is 0 Å². The van der Waals surface area contributed by atoms with Crippen LogP contribution in [-0.4, -0.2) is 11.1 Å². The fourth-order valence-electron chi connectivity index (χ4n) is 0.985. The second kappa shape index (κ2) is 5.14. The van der Waals surface area contributed by atoms with Gasteiger partial charge in [0, 0.05) is 0 Å². The molecule has 0 amide bonds. The standard InChI is InChI=1S/C11H14O2/c1-5-7-9(6-2)10(8(3)4)11(12)13/h5-7H,2-3H2,1,4H3,(H,12,13)/b7-5-,10-9+. The van der Waals surface area contributed by atoms with Gasteiger partial charge in [0.2, 0.25) is 0 Å². The third-order valence-electron chi connectivity index (χ3n) is 1.50. The minimum Gasteiger partial charge on any atom is -0.478 e. The Kier molecular flexibility index (Phi) is 4.52. The van der Waals surface area contributed by atoms with Gasteiger partial charge in [0.15, 0.2) is 0 Å². The molecule has 70 valence electrons. The van der Waals surface area contributed by atoms with Crippen molar-refractivity contribution in [3.8, 4) is 0 Å². The highest BCUT2D eigenvalue weighted by molar-refractivity contribution is 5.93. The molecule has 2 nitrogen and oxygen atoms in total. The first-order valence-electron chi connectivity index (χ1n) is 3.93. The van der Waals surface area contributed by atoms with Crippen molar-refractivity contribution in [1.82, 2.24) is 0 Å². The lowest BCUT2D eigenvalue weighted by atomic mass is 10.0. The molecule has 0 fully saturated rings. The number of hydrogen-bond donors (Lipinski definition) is 1. The van der Waals surface area contributed by atoms with Crippen LogP contribution in [0.15, 0.2) is 48.1 Å². The third kappa shape index (κ3) is 3.11. The van der Waals surface area contributed by atoms with Crippen LogP contribution >= 0.6 is 0 Å². The average molecular weight is 178 g/mol. The Balaban J connectivity index is 5.38. The van der Waals surface area contributed by atoms with Crippen LogP contribution in [-0.2, 0) is 4.79 Å². The highest BCUT2D eigenvalue weighted by atomic mass is 16.4. The summed E-state index contributed by atoms with van der Waals surface area (Å²) >= 11 is 0. The minimum absolute atomic E-state index is 0.216. The van der Waals surface area contributed by atoms with E-state index in [2.05, 4.69) is 13.2 Å². The highest BCUT2D eigenvalue weighted by Gasteiger charge is 2.10. The lowest BCUT2D eigenvalue weighted by Crippen LogP contribution is -2.03. The third-order valence-corrected chi connectivity index (χ3v) is 1.50. The van der Waals surface area contributed by atoms with Crippen molar-refractivity contribution in [2.45, 2.75) is 13.8 Å². The van der Waals surface area contributed by atoms with Crippen LogP contribution in [0.5, 0.6) is 0 Å². The molecule has 0 unspecified atom stereocenters. The van der Waals surface area contributed by atoms with E-state index < -0.39 is 5.97 Å². The molecule has 1 N–H and O–H groups in total. The highest BCUT2D eigenvalue weighted by Crippen LogP contribution is 2.15. The number of carbonyl (C=O) groups is 1. The SMILES string of the molecule is C=CC(/C=C\C)=C(/C(=C)C)C(=O)O. The van der Waals surface area contributed by atoms with E-state index in [-0.39, 0.29) is 5.57 Å². The predicted molar refractivity (Wildman–Crippen MR) is 54.5 cm³/mol. The van der Waals surface area contributed by atoms with E-state index in [9.17, 15) is 4.79 Å². The Morgan fingerprint density at radius 2 is 2.00 bits per heavy atom. The molecule has 0 aliphatic heterocycles. The number of carboxylic acid groups (broad SMARTS) is 1. The predicted octanol–water partition coefficient (Wildman–Crippen LogP) is 2.71. The lowest BCUT2D eigenvalue weighted by molar-refractivity contribution is -0.132. The van der Waals surface area contributed by atoms with Gasteiger partial charge in [0.25, 0.3) is 0 Å². The molecular weight excluding hydrogens is 164 g/mol. The number of hydrogen-bond acceptors (Lipinski definition) is 1. The van der Waals surface area contributed by atoms with Crippen LogP contribution in [0.4, 0.5) is 0 Å². The molecular formula is C11H14O2. The summed E-state index contributed by atoms with van der Waals surface area (Å²) in [6.07, 6.45) is 4.98. The minimum atomic E-state index is -0.972. The number of carboxylic acids is 1. The van der Waals surface area contributed by atoms with Crippen molar-refractivity contribution in [2.24, 2.45) is 0 Å². The van der Waals surface area contributed by atoms with Crippen molar-refractivity contribution in [1.29, 1.82) is 0 Å². The molecule has 0 aliphatic carbocycles. The molecule has 0 spiro atoms. The first-order chi connectivity index (χ1) is 6.04. The molecule has 0 aromatic rings. The summed E-state index contributed by atoms with van der Waals surface area (Å²) in [5.41, 5.74) is 1.33. The maximum absolute atomic E-state index is 10.8. The van der Waals surface area contributed by atoms with Gasteiger partial charge in [-0.25, -0.2) is 4.79 Å². The van der Waals surface area contributed by atoms with Gasteiger partial charge in [-0.3, -0.25) is 0 Å². The molecule has 0 bridgehead atoms. The average Bonchev–Trinajstić information content (AvgIpc) is 2.02. The van der Waals surface area contributed by atoms with Gasteiger partial charge in [-0.2, -0.15) is 0 Å². The molecule has 0 saturated heterocycles. The van der Waals surface area contributed by atoms with E-state index in [4.69, 9.17) is 5.11 Å². The van der Waals surface area contributed by atoms with E-state index in [1.165, 1.54) is 6.08 Å². The molecule has 0 aliphatic rings. The number of allylic oxidation sites excluding steroid dienone is 4. The summed E-state index contributed by atoms with van der Waals surface area (Å²) in [4.78, 5) is 10.8. The molecule has 0 saturated carbocycles. The second-order valence-electron chi connectivity index (χ2n) is 2.62. The van der Waals surface area contributed by atoms with Crippen LogP contribution < -0.4 is 0 Å². The maximum atomic E-state index is 10.8. The quantitative estimate of drug-likeness (QED) is 0.531. The van der Waals surface area contributed by atoms with E-state index in [1.54, 1.807) is 19.1 Å². The second-order valence-corrected chi connectivity index (χ2v) is 2.62. The lowest BCUT2D eigenvalue weighted by Gasteiger charge is -2.03. The van der Waals surface area contributed by atoms with Crippen LogP contribution in [0.1, 0.15) is 13.8 Å². The molecule has 0 atom stereocenters. The van der Waals surface area contributed by atoms with Gasteiger partial charge in [-0.15, -0.1) is 0 Å². The topological polar surface area (TPSA) is 37.3 Å². The Hall–Kier alpha value is -1.57. The molecule has 0 aromatic heterocycles. The zero-order chi connectivity index (χ0) is 10.4. The van der Waals surface area contributed by atoms with Crippen molar-refractivity contribution >= 4 is 5.97 Å². The monoisotopic (exact) mass is 178 g/mol. The number of rotatable bonds is 4. The fraction of sp³-hybridized carbons (Fsp3) is 0.182. The van der Waals surface area contributed by atoms with Gasteiger partial charge >= 0.3 is 5.97 Å². The van der Waals surface area contributed by atoms with Crippen LogP contribution in [0.3, 0.4) is 0 Å². The van der Waals surface area contributed by atoms with E-state index in [1.807, 2.05) is 6.92 Å². The van der Waals surface area contributed by atoms with Crippen LogP contribution in [0, 0.1) is 0 Å². The van der Waals surface area contributed by atoms with Crippen molar-refractivity contribution in [2.75, 3.05) is 0 Å². The van der Waals surface area contributed by atoms with Gasteiger partial charge < -0.3 is 5.11 Å². The molecule has 0 rings (SSSR count). The molecule has 2 heteroatoms.